The quantitative estimate of drug-likeness (QED) is 0.803. The van der Waals surface area contributed by atoms with Crippen LogP contribution in [0.25, 0.3) is 0 Å². The second-order valence-corrected chi connectivity index (χ2v) is 5.21. The van der Waals surface area contributed by atoms with Crippen molar-refractivity contribution in [2.75, 3.05) is 0 Å². The summed E-state index contributed by atoms with van der Waals surface area (Å²) in [6, 6.07) is 2.45. The molecule has 6 heteroatoms. The predicted octanol–water partition coefficient (Wildman–Crippen LogP) is 4.37. The molecular weight excluding hydrogens is 279 g/mol. The molecule has 0 aliphatic heterocycles. The molecule has 1 aromatic rings. The fraction of sp³-hybridized carbons (Fsp3) is 0.571. The summed E-state index contributed by atoms with van der Waals surface area (Å²) in [5.41, 5.74) is -0.397. The largest absolute Gasteiger partial charge is 0.392 e. The van der Waals surface area contributed by atoms with E-state index in [0.717, 1.165) is 18.2 Å². The first kappa shape index (κ1) is 15.2. The Kier molecular flexibility index (Phi) is 4.32. The lowest BCUT2D eigenvalue weighted by Gasteiger charge is -2.36. The average molecular weight is 294 g/mol. The lowest BCUT2D eigenvalue weighted by Crippen LogP contribution is -2.36. The third-order valence-electron chi connectivity index (χ3n) is 3.92. The van der Waals surface area contributed by atoms with Crippen LogP contribution in [0.4, 0.5) is 22.0 Å². The number of benzene rings is 1. The molecule has 0 amide bonds. The van der Waals surface area contributed by atoms with E-state index < -0.39 is 41.3 Å². The lowest BCUT2D eigenvalue weighted by molar-refractivity contribution is -0.207. The third kappa shape index (κ3) is 3.11. The van der Waals surface area contributed by atoms with Crippen LogP contribution in [0.2, 0.25) is 0 Å². The maximum Gasteiger partial charge on any atom is 0.392 e. The normalized spacial score (nSPS) is 25.5. The Morgan fingerprint density at radius 1 is 1.10 bits per heavy atom. The summed E-state index contributed by atoms with van der Waals surface area (Å²) < 4.78 is 65.6. The summed E-state index contributed by atoms with van der Waals surface area (Å²) in [5, 5.41) is 10.1. The van der Waals surface area contributed by atoms with E-state index in [4.69, 9.17) is 0 Å². The summed E-state index contributed by atoms with van der Waals surface area (Å²) in [5.74, 6) is -4.46. The zero-order valence-corrected chi connectivity index (χ0v) is 10.6. The molecule has 1 N–H and O–H groups in total. The summed E-state index contributed by atoms with van der Waals surface area (Å²) >= 11 is 0. The van der Waals surface area contributed by atoms with Gasteiger partial charge in [-0.25, -0.2) is 8.78 Å². The van der Waals surface area contributed by atoms with Crippen molar-refractivity contribution >= 4 is 0 Å². The van der Waals surface area contributed by atoms with Crippen molar-refractivity contribution in [1.82, 2.24) is 0 Å². The van der Waals surface area contributed by atoms with Gasteiger partial charge in [0.05, 0.1) is 12.0 Å². The van der Waals surface area contributed by atoms with Gasteiger partial charge in [0, 0.05) is 11.5 Å². The molecule has 1 saturated carbocycles. The number of rotatable bonds is 2. The van der Waals surface area contributed by atoms with E-state index >= 15 is 0 Å². The van der Waals surface area contributed by atoms with Gasteiger partial charge in [-0.2, -0.15) is 13.2 Å². The summed E-state index contributed by atoms with van der Waals surface area (Å²) in [6.45, 7) is 0. The van der Waals surface area contributed by atoms with Crippen LogP contribution in [0.15, 0.2) is 18.2 Å². The summed E-state index contributed by atoms with van der Waals surface area (Å²) in [4.78, 5) is 0. The zero-order valence-electron chi connectivity index (χ0n) is 10.6. The monoisotopic (exact) mass is 294 g/mol. The molecule has 0 spiro atoms. The molecule has 20 heavy (non-hydrogen) atoms. The van der Waals surface area contributed by atoms with Gasteiger partial charge >= 0.3 is 6.18 Å². The summed E-state index contributed by atoms with van der Waals surface area (Å²) in [6.07, 6.45) is -5.03. The van der Waals surface area contributed by atoms with Crippen LogP contribution in [0.3, 0.4) is 0 Å². The van der Waals surface area contributed by atoms with E-state index in [9.17, 15) is 27.1 Å². The van der Waals surface area contributed by atoms with Crippen molar-refractivity contribution < 1.29 is 27.1 Å². The van der Waals surface area contributed by atoms with Crippen LogP contribution in [0.5, 0.6) is 0 Å². The minimum Gasteiger partial charge on any atom is -0.388 e. The van der Waals surface area contributed by atoms with E-state index in [1.165, 1.54) is 0 Å². The van der Waals surface area contributed by atoms with Crippen LogP contribution in [0.1, 0.15) is 37.4 Å². The summed E-state index contributed by atoms with van der Waals surface area (Å²) in [7, 11) is 0. The van der Waals surface area contributed by atoms with Gasteiger partial charge < -0.3 is 5.11 Å². The topological polar surface area (TPSA) is 20.2 Å². The Morgan fingerprint density at radius 2 is 1.75 bits per heavy atom. The van der Waals surface area contributed by atoms with Crippen LogP contribution in [0, 0.1) is 23.5 Å². The van der Waals surface area contributed by atoms with Crippen molar-refractivity contribution in [1.29, 1.82) is 0 Å². The molecular formula is C14H15F5O. The highest BCUT2D eigenvalue weighted by molar-refractivity contribution is 5.22. The Bertz CT molecular complexity index is 471. The minimum atomic E-state index is -4.43. The highest BCUT2D eigenvalue weighted by Crippen LogP contribution is 2.46. The second kappa shape index (κ2) is 5.68. The van der Waals surface area contributed by atoms with Crippen molar-refractivity contribution in [2.45, 2.75) is 38.0 Å². The Hall–Kier alpha value is -1.17. The number of hydrogen-bond acceptors (Lipinski definition) is 1. The Labute approximate surface area is 113 Å². The van der Waals surface area contributed by atoms with Gasteiger partial charge in [-0.3, -0.25) is 0 Å². The molecule has 1 fully saturated rings. The second-order valence-electron chi connectivity index (χ2n) is 5.21. The van der Waals surface area contributed by atoms with Crippen molar-refractivity contribution in [3.8, 4) is 0 Å². The average Bonchev–Trinajstić information content (AvgIpc) is 2.40. The number of halogens is 5. The van der Waals surface area contributed by atoms with E-state index in [1.807, 2.05) is 0 Å². The smallest absolute Gasteiger partial charge is 0.388 e. The van der Waals surface area contributed by atoms with Gasteiger partial charge in [-0.1, -0.05) is 12.8 Å². The first-order valence-electron chi connectivity index (χ1n) is 6.50. The molecule has 3 unspecified atom stereocenters. The number of aliphatic hydroxyl groups excluding tert-OH is 1. The fourth-order valence-corrected chi connectivity index (χ4v) is 2.92. The molecule has 1 aliphatic rings. The van der Waals surface area contributed by atoms with Crippen molar-refractivity contribution in [3.63, 3.8) is 0 Å². The predicted molar refractivity (Wildman–Crippen MR) is 62.8 cm³/mol. The van der Waals surface area contributed by atoms with Gasteiger partial charge in [0.25, 0.3) is 0 Å². The maximum absolute atomic E-state index is 13.6. The molecule has 1 aliphatic carbocycles. The number of hydrogen-bond donors (Lipinski definition) is 1. The standard InChI is InChI=1S/C14H15F5O/c15-8-5-6-12(16)10(7-8)13(20)9-3-1-2-4-11(9)14(17,18)19/h5-7,9,11,13,20H,1-4H2. The van der Waals surface area contributed by atoms with Crippen molar-refractivity contribution in [3.05, 3.63) is 35.4 Å². The molecule has 0 bridgehead atoms. The Morgan fingerprint density at radius 3 is 2.40 bits per heavy atom. The van der Waals surface area contributed by atoms with E-state index in [2.05, 4.69) is 0 Å². The van der Waals surface area contributed by atoms with E-state index in [0.29, 0.717) is 12.8 Å². The number of aliphatic hydroxyl groups is 1. The highest BCUT2D eigenvalue weighted by Gasteiger charge is 2.48. The molecule has 0 heterocycles. The molecule has 2 rings (SSSR count). The van der Waals surface area contributed by atoms with Crippen LogP contribution in [-0.4, -0.2) is 11.3 Å². The zero-order chi connectivity index (χ0) is 14.9. The third-order valence-corrected chi connectivity index (χ3v) is 3.92. The van der Waals surface area contributed by atoms with Gasteiger partial charge in [0.1, 0.15) is 11.6 Å². The molecule has 0 radical (unpaired) electrons. The van der Waals surface area contributed by atoms with Gasteiger partial charge in [0.2, 0.25) is 0 Å². The highest BCUT2D eigenvalue weighted by atomic mass is 19.4. The number of alkyl halides is 3. The molecule has 112 valence electrons. The fourth-order valence-electron chi connectivity index (χ4n) is 2.92. The Balaban J connectivity index is 2.30. The molecule has 3 atom stereocenters. The van der Waals surface area contributed by atoms with Gasteiger partial charge in [-0.05, 0) is 31.0 Å². The molecule has 0 saturated heterocycles. The van der Waals surface area contributed by atoms with Crippen LogP contribution in [-0.2, 0) is 0 Å². The van der Waals surface area contributed by atoms with Crippen LogP contribution < -0.4 is 0 Å². The molecule has 0 aromatic heterocycles. The van der Waals surface area contributed by atoms with Crippen LogP contribution >= 0.6 is 0 Å². The first-order valence-corrected chi connectivity index (χ1v) is 6.50. The SMILES string of the molecule is OC(c1cc(F)ccc1F)C1CCCCC1C(F)(F)F. The van der Waals surface area contributed by atoms with E-state index in [1.54, 1.807) is 0 Å². The van der Waals surface area contributed by atoms with Crippen molar-refractivity contribution in [2.24, 2.45) is 11.8 Å². The van der Waals surface area contributed by atoms with Gasteiger partial charge in [-0.15, -0.1) is 0 Å². The first-order chi connectivity index (χ1) is 9.30. The van der Waals surface area contributed by atoms with E-state index in [-0.39, 0.29) is 12.8 Å². The lowest BCUT2D eigenvalue weighted by atomic mass is 9.74. The minimum absolute atomic E-state index is 0.0812. The molecule has 1 nitrogen and oxygen atoms in total. The van der Waals surface area contributed by atoms with Gasteiger partial charge in [0.15, 0.2) is 0 Å². The molecule has 1 aromatic carbocycles. The maximum atomic E-state index is 13.6.